The molecule has 2 aromatic carbocycles. The highest BCUT2D eigenvalue weighted by atomic mass is 16.5. The number of hydrogen-bond donors (Lipinski definition) is 1. The normalized spacial score (nSPS) is 13.5. The van der Waals surface area contributed by atoms with Crippen molar-refractivity contribution in [2.24, 2.45) is 0 Å². The number of piperazine rings is 1. The van der Waals surface area contributed by atoms with Gasteiger partial charge in [-0.05, 0) is 42.0 Å². The Morgan fingerprint density at radius 2 is 1.59 bits per heavy atom. The van der Waals surface area contributed by atoms with Gasteiger partial charge in [-0.1, -0.05) is 30.3 Å². The highest BCUT2D eigenvalue weighted by Crippen LogP contribution is 2.16. The van der Waals surface area contributed by atoms with Gasteiger partial charge in [0.2, 0.25) is 0 Å². The Hall–Kier alpha value is -3.87. The second kappa shape index (κ2) is 10.4. The molecule has 0 radical (unpaired) electrons. The molecule has 164 valence electrons. The van der Waals surface area contributed by atoms with E-state index in [1.54, 1.807) is 46.5 Å². The number of nitrogens with zero attached hydrogens (tertiary/aromatic N) is 3. The zero-order valence-electron chi connectivity index (χ0n) is 17.8. The number of pyridine rings is 1. The third kappa shape index (κ3) is 5.63. The molecule has 1 saturated heterocycles. The molecule has 0 spiro atoms. The van der Waals surface area contributed by atoms with Gasteiger partial charge in [-0.25, -0.2) is 4.79 Å². The van der Waals surface area contributed by atoms with Crippen LogP contribution < -0.4 is 10.1 Å². The lowest BCUT2D eigenvalue weighted by molar-refractivity contribution is 0.0671. The molecule has 0 atom stereocenters. The Kier molecular flexibility index (Phi) is 6.97. The lowest BCUT2D eigenvalue weighted by Gasteiger charge is -2.34. The number of carbonyl (C=O) groups is 2. The maximum absolute atomic E-state index is 12.8. The summed E-state index contributed by atoms with van der Waals surface area (Å²) >= 11 is 0. The molecule has 4 rings (SSSR count). The summed E-state index contributed by atoms with van der Waals surface area (Å²) in [6.07, 6.45) is 4.09. The fourth-order valence-electron chi connectivity index (χ4n) is 3.56. The van der Waals surface area contributed by atoms with E-state index in [4.69, 9.17) is 4.74 Å². The van der Waals surface area contributed by atoms with E-state index in [-0.39, 0.29) is 11.9 Å². The van der Waals surface area contributed by atoms with Gasteiger partial charge >= 0.3 is 6.03 Å². The van der Waals surface area contributed by atoms with Crippen LogP contribution in [0.25, 0.3) is 0 Å². The van der Waals surface area contributed by atoms with Gasteiger partial charge < -0.3 is 19.9 Å². The van der Waals surface area contributed by atoms with Crippen LogP contribution in [-0.2, 0) is 6.42 Å². The number of hydrogen-bond acceptors (Lipinski definition) is 4. The second-order valence-electron chi connectivity index (χ2n) is 7.56. The van der Waals surface area contributed by atoms with Crippen LogP contribution in [0.1, 0.15) is 15.9 Å². The van der Waals surface area contributed by atoms with Crippen molar-refractivity contribution in [1.29, 1.82) is 0 Å². The van der Waals surface area contributed by atoms with Crippen LogP contribution in [0.3, 0.4) is 0 Å². The number of benzene rings is 2. The summed E-state index contributed by atoms with van der Waals surface area (Å²) in [4.78, 5) is 32.7. The number of nitrogens with one attached hydrogen (secondary N) is 1. The Labute approximate surface area is 187 Å². The summed E-state index contributed by atoms with van der Waals surface area (Å²) in [5, 5.41) is 2.83. The number of carbonyl (C=O) groups excluding carboxylic acids is 2. The van der Waals surface area contributed by atoms with E-state index in [1.165, 1.54) is 5.56 Å². The first-order chi connectivity index (χ1) is 15.7. The van der Waals surface area contributed by atoms with Crippen molar-refractivity contribution in [3.63, 3.8) is 0 Å². The van der Waals surface area contributed by atoms with Gasteiger partial charge in [-0.2, -0.15) is 0 Å². The van der Waals surface area contributed by atoms with Gasteiger partial charge in [0.15, 0.2) is 0 Å². The molecule has 3 aromatic rings. The molecule has 0 aliphatic carbocycles. The Morgan fingerprint density at radius 1 is 0.875 bits per heavy atom. The van der Waals surface area contributed by atoms with E-state index in [1.807, 2.05) is 30.3 Å². The molecule has 0 bridgehead atoms. The average molecular weight is 431 g/mol. The number of urea groups is 1. The summed E-state index contributed by atoms with van der Waals surface area (Å²) in [7, 11) is 0. The summed E-state index contributed by atoms with van der Waals surface area (Å²) in [5.74, 6) is 0.711. The standard InChI is InChI=1S/C25H26N4O3/c30-24(21-8-10-23(11-9-21)32-18-12-20-5-2-1-3-6-20)28-14-16-29(17-15-28)25(31)27-22-7-4-13-26-19-22/h1-11,13,19H,12,14-18H2,(H,27,31). The van der Waals surface area contributed by atoms with Gasteiger partial charge in [-0.15, -0.1) is 0 Å². The Morgan fingerprint density at radius 3 is 2.28 bits per heavy atom. The van der Waals surface area contributed by atoms with Crippen LogP contribution in [0.2, 0.25) is 0 Å². The summed E-state index contributed by atoms with van der Waals surface area (Å²) in [6, 6.07) is 20.8. The molecule has 3 amide bonds. The molecule has 0 saturated carbocycles. The van der Waals surface area contributed by atoms with Crippen molar-refractivity contribution in [1.82, 2.24) is 14.8 Å². The zero-order valence-corrected chi connectivity index (χ0v) is 17.8. The third-order valence-electron chi connectivity index (χ3n) is 5.37. The van der Waals surface area contributed by atoms with Crippen LogP contribution in [-0.4, -0.2) is 59.5 Å². The van der Waals surface area contributed by atoms with Crippen LogP contribution in [0.5, 0.6) is 5.75 Å². The molecule has 7 nitrogen and oxygen atoms in total. The Bertz CT molecular complexity index is 1020. The molecule has 2 heterocycles. The molecular formula is C25H26N4O3. The quantitative estimate of drug-likeness (QED) is 0.647. The average Bonchev–Trinajstić information content (AvgIpc) is 2.85. The van der Waals surface area contributed by atoms with Gasteiger partial charge in [0, 0.05) is 44.4 Å². The smallest absolute Gasteiger partial charge is 0.322 e. The predicted molar refractivity (Wildman–Crippen MR) is 123 cm³/mol. The van der Waals surface area contributed by atoms with E-state index in [0.717, 1.165) is 12.2 Å². The maximum atomic E-state index is 12.8. The van der Waals surface area contributed by atoms with Crippen molar-refractivity contribution in [2.45, 2.75) is 6.42 Å². The minimum absolute atomic E-state index is 0.0341. The number of amides is 3. The van der Waals surface area contributed by atoms with E-state index in [2.05, 4.69) is 22.4 Å². The molecule has 1 aliphatic rings. The second-order valence-corrected chi connectivity index (χ2v) is 7.56. The Balaban J connectivity index is 1.23. The van der Waals surface area contributed by atoms with Crippen LogP contribution in [0, 0.1) is 0 Å². The van der Waals surface area contributed by atoms with E-state index < -0.39 is 0 Å². The lowest BCUT2D eigenvalue weighted by Crippen LogP contribution is -2.51. The minimum Gasteiger partial charge on any atom is -0.493 e. The molecule has 32 heavy (non-hydrogen) atoms. The number of ether oxygens (including phenoxy) is 1. The molecule has 1 aromatic heterocycles. The van der Waals surface area contributed by atoms with Gasteiger partial charge in [0.05, 0.1) is 18.5 Å². The first kappa shape index (κ1) is 21.4. The highest BCUT2D eigenvalue weighted by molar-refractivity contribution is 5.94. The predicted octanol–water partition coefficient (Wildman–Crippen LogP) is 3.69. The number of aromatic nitrogens is 1. The minimum atomic E-state index is -0.179. The van der Waals surface area contributed by atoms with Gasteiger partial charge in [-0.3, -0.25) is 9.78 Å². The summed E-state index contributed by atoms with van der Waals surface area (Å²) in [5.41, 5.74) is 2.50. The van der Waals surface area contributed by atoms with E-state index in [9.17, 15) is 9.59 Å². The monoisotopic (exact) mass is 430 g/mol. The fourth-order valence-corrected chi connectivity index (χ4v) is 3.56. The molecular weight excluding hydrogens is 404 g/mol. The topological polar surface area (TPSA) is 74.8 Å². The zero-order chi connectivity index (χ0) is 22.2. The van der Waals surface area contributed by atoms with E-state index in [0.29, 0.717) is 44.0 Å². The van der Waals surface area contributed by atoms with Crippen molar-refractivity contribution < 1.29 is 14.3 Å². The van der Waals surface area contributed by atoms with Crippen molar-refractivity contribution in [2.75, 3.05) is 38.1 Å². The SMILES string of the molecule is O=C(Nc1cccnc1)N1CCN(C(=O)c2ccc(OCCc3ccccc3)cc2)CC1. The maximum Gasteiger partial charge on any atom is 0.322 e. The number of anilines is 1. The third-order valence-corrected chi connectivity index (χ3v) is 5.37. The van der Waals surface area contributed by atoms with Gasteiger partial charge in [0.25, 0.3) is 5.91 Å². The molecule has 1 fully saturated rings. The molecule has 1 N–H and O–H groups in total. The van der Waals surface area contributed by atoms with Crippen molar-refractivity contribution in [3.8, 4) is 5.75 Å². The molecule has 0 unspecified atom stereocenters. The van der Waals surface area contributed by atoms with Crippen molar-refractivity contribution in [3.05, 3.63) is 90.3 Å². The van der Waals surface area contributed by atoms with Crippen molar-refractivity contribution >= 4 is 17.6 Å². The lowest BCUT2D eigenvalue weighted by atomic mass is 10.1. The largest absolute Gasteiger partial charge is 0.493 e. The number of rotatable bonds is 6. The van der Waals surface area contributed by atoms with E-state index >= 15 is 0 Å². The fraction of sp³-hybridized carbons (Fsp3) is 0.240. The first-order valence-electron chi connectivity index (χ1n) is 10.7. The van der Waals surface area contributed by atoms with Crippen LogP contribution >= 0.6 is 0 Å². The van der Waals surface area contributed by atoms with Gasteiger partial charge in [0.1, 0.15) is 5.75 Å². The first-order valence-corrected chi connectivity index (χ1v) is 10.7. The molecule has 1 aliphatic heterocycles. The van der Waals surface area contributed by atoms with Crippen LogP contribution in [0.15, 0.2) is 79.1 Å². The summed E-state index contributed by atoms with van der Waals surface area (Å²) < 4.78 is 5.80. The highest BCUT2D eigenvalue weighted by Gasteiger charge is 2.25. The van der Waals surface area contributed by atoms with Crippen LogP contribution in [0.4, 0.5) is 10.5 Å². The summed E-state index contributed by atoms with van der Waals surface area (Å²) in [6.45, 7) is 2.54. The molecule has 7 heteroatoms.